The summed E-state index contributed by atoms with van der Waals surface area (Å²) < 4.78 is 10.7. The second-order valence-electron chi connectivity index (χ2n) is 3.59. The van der Waals surface area contributed by atoms with Crippen LogP contribution < -0.4 is 9.47 Å². The molecule has 0 saturated carbocycles. The Kier molecular flexibility index (Phi) is 7.94. The fourth-order valence-electron chi connectivity index (χ4n) is 0.994. The first-order valence-corrected chi connectivity index (χ1v) is 5.31. The SMILES string of the molecule is CC=O.COc1ccccc1OCC(C)C. The van der Waals surface area contributed by atoms with Crippen LogP contribution >= 0.6 is 0 Å². The maximum Gasteiger partial charge on any atom is 0.161 e. The smallest absolute Gasteiger partial charge is 0.161 e. The second kappa shape index (κ2) is 8.77. The molecular weight excluding hydrogens is 204 g/mol. The third kappa shape index (κ3) is 6.06. The monoisotopic (exact) mass is 224 g/mol. The fourth-order valence-corrected chi connectivity index (χ4v) is 0.994. The summed E-state index contributed by atoms with van der Waals surface area (Å²) in [5.41, 5.74) is 0. The summed E-state index contributed by atoms with van der Waals surface area (Å²) in [7, 11) is 1.65. The van der Waals surface area contributed by atoms with E-state index in [0.29, 0.717) is 5.92 Å². The molecule has 90 valence electrons. The Morgan fingerprint density at radius 1 is 1.25 bits per heavy atom. The number of aldehydes is 1. The predicted molar refractivity (Wildman–Crippen MR) is 65.1 cm³/mol. The molecular formula is C13H20O3. The summed E-state index contributed by atoms with van der Waals surface area (Å²) in [4.78, 5) is 8.81. The van der Waals surface area contributed by atoms with Crippen molar-refractivity contribution in [2.24, 2.45) is 5.92 Å². The molecule has 0 aliphatic carbocycles. The van der Waals surface area contributed by atoms with Crippen molar-refractivity contribution >= 4 is 6.29 Å². The van der Waals surface area contributed by atoms with Gasteiger partial charge in [-0.25, -0.2) is 0 Å². The highest BCUT2D eigenvalue weighted by Crippen LogP contribution is 2.25. The van der Waals surface area contributed by atoms with Gasteiger partial charge in [0, 0.05) is 0 Å². The number of methoxy groups -OCH3 is 1. The molecule has 0 aliphatic heterocycles. The molecule has 0 aliphatic rings. The zero-order chi connectivity index (χ0) is 12.4. The number of ether oxygens (including phenoxy) is 2. The molecule has 0 bridgehead atoms. The number of hydrogen-bond donors (Lipinski definition) is 0. The van der Waals surface area contributed by atoms with E-state index in [2.05, 4.69) is 13.8 Å². The third-order valence-corrected chi connectivity index (χ3v) is 1.64. The van der Waals surface area contributed by atoms with Crippen LogP contribution in [0.1, 0.15) is 20.8 Å². The van der Waals surface area contributed by atoms with E-state index in [4.69, 9.17) is 14.3 Å². The van der Waals surface area contributed by atoms with E-state index in [0.717, 1.165) is 24.4 Å². The van der Waals surface area contributed by atoms with Gasteiger partial charge < -0.3 is 14.3 Å². The maximum absolute atomic E-state index is 8.81. The van der Waals surface area contributed by atoms with Crippen LogP contribution in [-0.2, 0) is 4.79 Å². The molecule has 0 spiro atoms. The number of benzene rings is 1. The van der Waals surface area contributed by atoms with Crippen LogP contribution in [0.2, 0.25) is 0 Å². The molecule has 1 aromatic rings. The fraction of sp³-hybridized carbons (Fsp3) is 0.462. The Hall–Kier alpha value is -1.51. The third-order valence-electron chi connectivity index (χ3n) is 1.64. The first-order valence-electron chi connectivity index (χ1n) is 5.31. The highest BCUT2D eigenvalue weighted by Gasteiger charge is 2.02. The van der Waals surface area contributed by atoms with Crippen molar-refractivity contribution < 1.29 is 14.3 Å². The average Bonchev–Trinajstić information content (AvgIpc) is 2.27. The molecule has 0 fully saturated rings. The second-order valence-corrected chi connectivity index (χ2v) is 3.59. The highest BCUT2D eigenvalue weighted by atomic mass is 16.5. The number of carbonyl (C=O) groups excluding carboxylic acids is 1. The Morgan fingerprint density at radius 3 is 2.19 bits per heavy atom. The van der Waals surface area contributed by atoms with Crippen LogP contribution in [0.25, 0.3) is 0 Å². The van der Waals surface area contributed by atoms with E-state index in [1.807, 2.05) is 24.3 Å². The van der Waals surface area contributed by atoms with Gasteiger partial charge in [0.25, 0.3) is 0 Å². The van der Waals surface area contributed by atoms with Crippen molar-refractivity contribution in [3.05, 3.63) is 24.3 Å². The van der Waals surface area contributed by atoms with Crippen molar-refractivity contribution in [1.29, 1.82) is 0 Å². The lowest BCUT2D eigenvalue weighted by Crippen LogP contribution is -2.05. The van der Waals surface area contributed by atoms with Crippen molar-refractivity contribution in [2.45, 2.75) is 20.8 Å². The molecule has 16 heavy (non-hydrogen) atoms. The Bertz CT molecular complexity index is 295. The maximum atomic E-state index is 8.81. The van der Waals surface area contributed by atoms with Gasteiger partial charge in [0.05, 0.1) is 13.7 Å². The normalized spacial score (nSPS) is 9.06. The predicted octanol–water partition coefficient (Wildman–Crippen LogP) is 2.94. The zero-order valence-electron chi connectivity index (χ0n) is 10.4. The number of carbonyl (C=O) groups is 1. The summed E-state index contributed by atoms with van der Waals surface area (Å²) in [6.07, 6.45) is 0.750. The van der Waals surface area contributed by atoms with E-state index in [1.54, 1.807) is 7.11 Å². The van der Waals surface area contributed by atoms with Gasteiger partial charge in [-0.05, 0) is 25.0 Å². The van der Waals surface area contributed by atoms with Gasteiger partial charge >= 0.3 is 0 Å². The van der Waals surface area contributed by atoms with Gasteiger partial charge in [-0.1, -0.05) is 26.0 Å². The van der Waals surface area contributed by atoms with Crippen LogP contribution in [0.5, 0.6) is 11.5 Å². The van der Waals surface area contributed by atoms with Gasteiger partial charge in [0.15, 0.2) is 11.5 Å². The summed E-state index contributed by atoms with van der Waals surface area (Å²) >= 11 is 0. The topological polar surface area (TPSA) is 35.5 Å². The minimum atomic E-state index is 0.532. The van der Waals surface area contributed by atoms with Crippen LogP contribution in [0, 0.1) is 5.92 Å². The zero-order valence-corrected chi connectivity index (χ0v) is 10.4. The molecule has 0 saturated heterocycles. The Labute approximate surface area is 97.4 Å². The Morgan fingerprint density at radius 2 is 1.75 bits per heavy atom. The summed E-state index contributed by atoms with van der Waals surface area (Å²) in [6, 6.07) is 7.69. The molecule has 1 rings (SSSR count). The summed E-state index contributed by atoms with van der Waals surface area (Å²) in [5.74, 6) is 2.15. The van der Waals surface area contributed by atoms with Crippen molar-refractivity contribution in [3.8, 4) is 11.5 Å². The highest BCUT2D eigenvalue weighted by molar-refractivity contribution is 5.44. The van der Waals surface area contributed by atoms with Crippen LogP contribution in [0.4, 0.5) is 0 Å². The van der Waals surface area contributed by atoms with Crippen LogP contribution in [-0.4, -0.2) is 20.0 Å². The number of para-hydroxylation sites is 2. The first-order chi connectivity index (χ1) is 7.65. The van der Waals surface area contributed by atoms with E-state index < -0.39 is 0 Å². The van der Waals surface area contributed by atoms with Crippen molar-refractivity contribution in [2.75, 3.05) is 13.7 Å². The van der Waals surface area contributed by atoms with E-state index in [-0.39, 0.29) is 0 Å². The average molecular weight is 224 g/mol. The molecule has 0 unspecified atom stereocenters. The van der Waals surface area contributed by atoms with Gasteiger partial charge in [-0.15, -0.1) is 0 Å². The van der Waals surface area contributed by atoms with Gasteiger partial charge in [0.1, 0.15) is 6.29 Å². The minimum Gasteiger partial charge on any atom is -0.493 e. The molecule has 3 nitrogen and oxygen atoms in total. The molecule has 0 heterocycles. The largest absolute Gasteiger partial charge is 0.493 e. The summed E-state index contributed by atoms with van der Waals surface area (Å²) in [6.45, 7) is 6.41. The number of rotatable bonds is 4. The quantitative estimate of drug-likeness (QED) is 0.738. The van der Waals surface area contributed by atoms with Gasteiger partial charge in [-0.2, -0.15) is 0 Å². The molecule has 0 radical (unpaired) electrons. The Balaban J connectivity index is 0.000000673. The minimum absolute atomic E-state index is 0.532. The van der Waals surface area contributed by atoms with Crippen LogP contribution in [0.3, 0.4) is 0 Å². The standard InChI is InChI=1S/C11H16O2.C2H4O/c1-9(2)8-13-11-7-5-4-6-10(11)12-3;1-2-3/h4-7,9H,8H2,1-3H3;2H,1H3. The molecule has 3 heteroatoms. The summed E-state index contributed by atoms with van der Waals surface area (Å²) in [5, 5.41) is 0. The van der Waals surface area contributed by atoms with Crippen molar-refractivity contribution in [3.63, 3.8) is 0 Å². The molecule has 0 aromatic heterocycles. The lowest BCUT2D eigenvalue weighted by Gasteiger charge is -2.11. The number of hydrogen-bond acceptors (Lipinski definition) is 3. The lowest BCUT2D eigenvalue weighted by atomic mass is 10.2. The first kappa shape index (κ1) is 14.5. The molecule has 0 N–H and O–H groups in total. The van der Waals surface area contributed by atoms with E-state index in [1.165, 1.54) is 6.92 Å². The molecule has 0 atom stereocenters. The molecule has 1 aromatic carbocycles. The van der Waals surface area contributed by atoms with E-state index in [9.17, 15) is 0 Å². The van der Waals surface area contributed by atoms with Gasteiger partial charge in [0.2, 0.25) is 0 Å². The van der Waals surface area contributed by atoms with Crippen LogP contribution in [0.15, 0.2) is 24.3 Å². The van der Waals surface area contributed by atoms with Gasteiger partial charge in [-0.3, -0.25) is 0 Å². The van der Waals surface area contributed by atoms with E-state index >= 15 is 0 Å². The lowest BCUT2D eigenvalue weighted by molar-refractivity contribution is -0.106. The van der Waals surface area contributed by atoms with Crippen molar-refractivity contribution in [1.82, 2.24) is 0 Å². The molecule has 0 amide bonds.